The number of unbranched alkanes of at least 4 members (excludes halogenated alkanes) is 9. The number of allylic oxidation sites excluding steroid dienone is 2. The fourth-order valence-corrected chi connectivity index (χ4v) is 1.99. The topological polar surface area (TPSA) is 37.3 Å². The van der Waals surface area contributed by atoms with Crippen LogP contribution in [0.4, 0.5) is 0 Å². The predicted molar refractivity (Wildman–Crippen MR) is 83.6 cm³/mol. The maximum absolute atomic E-state index is 10.3. The van der Waals surface area contributed by atoms with Crippen molar-refractivity contribution in [2.24, 2.45) is 0 Å². The third-order valence-corrected chi connectivity index (χ3v) is 3.15. The van der Waals surface area contributed by atoms with E-state index in [4.69, 9.17) is 5.11 Å². The van der Waals surface area contributed by atoms with Gasteiger partial charge >= 0.3 is 5.97 Å². The van der Waals surface area contributed by atoms with Gasteiger partial charge in [-0.3, -0.25) is 4.79 Å². The molecule has 0 aliphatic carbocycles. The van der Waals surface area contributed by atoms with Gasteiger partial charge in [-0.2, -0.15) is 0 Å². The normalized spacial score (nSPS) is 10.6. The molecular weight excluding hydrogens is 264 g/mol. The first kappa shape index (κ1) is 21.8. The summed E-state index contributed by atoms with van der Waals surface area (Å²) >= 11 is 0. The minimum absolute atomic E-state index is 0. The van der Waals surface area contributed by atoms with Crippen LogP contribution in [-0.4, -0.2) is 48.8 Å². The summed E-state index contributed by atoms with van der Waals surface area (Å²) < 4.78 is 0. The molecule has 0 aliphatic heterocycles. The molecule has 0 rings (SSSR count). The van der Waals surface area contributed by atoms with Gasteiger partial charge in [0.15, 0.2) is 0 Å². The molecule has 0 heterocycles. The summed E-state index contributed by atoms with van der Waals surface area (Å²) in [6.45, 7) is 2.24. The van der Waals surface area contributed by atoms with Gasteiger partial charge < -0.3 is 5.11 Å². The quantitative estimate of drug-likeness (QED) is 0.296. The van der Waals surface area contributed by atoms with Gasteiger partial charge in [0, 0.05) is 44.2 Å². The zero-order valence-electron chi connectivity index (χ0n) is 12.7. The van der Waals surface area contributed by atoms with E-state index in [1.54, 1.807) is 0 Å². The van der Waals surface area contributed by atoms with Crippen LogP contribution in [0.5, 0.6) is 0 Å². The van der Waals surface area contributed by atoms with Crippen molar-refractivity contribution in [1.82, 2.24) is 0 Å². The van der Waals surface area contributed by atoms with E-state index in [-0.39, 0.29) is 37.7 Å². The average molecular weight is 294 g/mol. The van der Waals surface area contributed by atoms with Gasteiger partial charge in [0.2, 0.25) is 0 Å². The molecule has 0 aliphatic rings. The molecule has 108 valence electrons. The number of carboxylic acid groups (broad SMARTS) is 1. The Hall–Kier alpha value is 0.470. The third kappa shape index (κ3) is 20.9. The Morgan fingerprint density at radius 2 is 1.32 bits per heavy atom. The number of hydrogen-bond donors (Lipinski definition) is 1. The molecule has 0 aromatic carbocycles. The van der Waals surface area contributed by atoms with Crippen LogP contribution in [0.3, 0.4) is 0 Å². The minimum Gasteiger partial charge on any atom is -0.481 e. The Morgan fingerprint density at radius 3 is 1.84 bits per heavy atom. The Balaban J connectivity index is 0. The van der Waals surface area contributed by atoms with E-state index in [0.717, 1.165) is 12.8 Å². The zero-order chi connectivity index (χ0) is 13.5. The maximum atomic E-state index is 10.3. The Morgan fingerprint density at radius 1 is 0.842 bits per heavy atom. The minimum atomic E-state index is -0.666. The molecule has 0 aromatic heterocycles. The molecule has 0 unspecified atom stereocenters. The average Bonchev–Trinajstić information content (AvgIpc) is 2.34. The molecule has 0 spiro atoms. The molecule has 0 atom stereocenters. The number of rotatable bonds is 13. The molecule has 0 saturated carbocycles. The van der Waals surface area contributed by atoms with Gasteiger partial charge in [-0.15, -0.1) is 0 Å². The first-order chi connectivity index (χ1) is 8.77. The van der Waals surface area contributed by atoms with Crippen molar-refractivity contribution >= 4 is 43.7 Å². The molecule has 0 bridgehead atoms. The third-order valence-electron chi connectivity index (χ3n) is 3.15. The molecule has 19 heavy (non-hydrogen) atoms. The summed E-state index contributed by atoms with van der Waals surface area (Å²) in [5.74, 6) is -0.666. The van der Waals surface area contributed by atoms with Gasteiger partial charge in [-0.05, 0) is 32.1 Å². The first-order valence-corrected chi connectivity index (χ1v) is 7.64. The van der Waals surface area contributed by atoms with Crippen molar-refractivity contribution in [3.05, 3.63) is 12.2 Å². The molecule has 0 amide bonds. The van der Waals surface area contributed by atoms with Crippen molar-refractivity contribution in [3.8, 4) is 0 Å². The monoisotopic (exact) mass is 294 g/mol. The fourth-order valence-electron chi connectivity index (χ4n) is 1.99. The number of aliphatic carboxylic acids is 1. The van der Waals surface area contributed by atoms with Crippen LogP contribution < -0.4 is 0 Å². The summed E-state index contributed by atoms with van der Waals surface area (Å²) in [5, 5.41) is 8.48. The molecule has 2 nitrogen and oxygen atoms in total. The van der Waals surface area contributed by atoms with Gasteiger partial charge in [-0.1, -0.05) is 57.6 Å². The van der Waals surface area contributed by atoms with Crippen LogP contribution in [-0.2, 0) is 4.79 Å². The second kappa shape index (κ2) is 18.5. The first-order valence-electron chi connectivity index (χ1n) is 7.64. The summed E-state index contributed by atoms with van der Waals surface area (Å²) in [7, 11) is 0. The second-order valence-corrected chi connectivity index (χ2v) is 5.02. The molecule has 2 radical (unpaired) electrons. The number of hydrogen-bond acceptors (Lipinski definition) is 1. The molecule has 0 aromatic rings. The summed E-state index contributed by atoms with van der Waals surface area (Å²) in [6.07, 6.45) is 18.3. The standard InChI is InChI=1S/C16H30O2.Ca/c1-2-3-4-5-6-7-8-9-10-11-12-13-14-15-16(17)18;/h7-8H,2-6,9-15H2,1H3,(H,17,18);/b8-7-;. The smallest absolute Gasteiger partial charge is 0.303 e. The molecule has 1 N–H and O–H groups in total. The van der Waals surface area contributed by atoms with Crippen LogP contribution in [0.15, 0.2) is 12.2 Å². The summed E-state index contributed by atoms with van der Waals surface area (Å²) in [4.78, 5) is 10.3. The van der Waals surface area contributed by atoms with Crippen LogP contribution in [0.25, 0.3) is 0 Å². The SMILES string of the molecule is CCCCCC/C=C\CCCCCCCC(=O)O.[Ca]. The van der Waals surface area contributed by atoms with Crippen molar-refractivity contribution in [2.45, 2.75) is 84.0 Å². The van der Waals surface area contributed by atoms with Crippen molar-refractivity contribution < 1.29 is 9.90 Å². The van der Waals surface area contributed by atoms with Crippen molar-refractivity contribution in [1.29, 1.82) is 0 Å². The van der Waals surface area contributed by atoms with E-state index in [0.29, 0.717) is 6.42 Å². The zero-order valence-corrected chi connectivity index (χ0v) is 14.9. The number of carboxylic acids is 1. The van der Waals surface area contributed by atoms with E-state index in [1.165, 1.54) is 57.8 Å². The fraction of sp³-hybridized carbons (Fsp3) is 0.812. The summed E-state index contributed by atoms with van der Waals surface area (Å²) in [6, 6.07) is 0. The van der Waals surface area contributed by atoms with Crippen LogP contribution in [0.1, 0.15) is 84.0 Å². The van der Waals surface area contributed by atoms with Crippen LogP contribution in [0.2, 0.25) is 0 Å². The molecular formula is C16H30CaO2. The molecule has 0 fully saturated rings. The Bertz CT molecular complexity index is 215. The summed E-state index contributed by atoms with van der Waals surface area (Å²) in [5.41, 5.74) is 0. The number of carbonyl (C=O) groups is 1. The molecule has 3 heteroatoms. The molecule has 0 saturated heterocycles. The van der Waals surface area contributed by atoms with E-state index in [9.17, 15) is 4.79 Å². The largest absolute Gasteiger partial charge is 0.481 e. The van der Waals surface area contributed by atoms with Gasteiger partial charge in [0.1, 0.15) is 0 Å². The van der Waals surface area contributed by atoms with Crippen molar-refractivity contribution in [3.63, 3.8) is 0 Å². The van der Waals surface area contributed by atoms with Gasteiger partial charge in [0.05, 0.1) is 0 Å². The predicted octanol–water partition coefficient (Wildman–Crippen LogP) is 4.95. The van der Waals surface area contributed by atoms with Gasteiger partial charge in [0.25, 0.3) is 0 Å². The van der Waals surface area contributed by atoms with E-state index in [2.05, 4.69) is 19.1 Å². The van der Waals surface area contributed by atoms with E-state index >= 15 is 0 Å². The van der Waals surface area contributed by atoms with E-state index in [1.807, 2.05) is 0 Å². The Kier molecular flexibility index (Phi) is 21.2. The van der Waals surface area contributed by atoms with Crippen molar-refractivity contribution in [2.75, 3.05) is 0 Å². The second-order valence-electron chi connectivity index (χ2n) is 5.02. The Labute approximate surface area is 149 Å². The maximum Gasteiger partial charge on any atom is 0.303 e. The van der Waals surface area contributed by atoms with Crippen LogP contribution >= 0.6 is 0 Å². The van der Waals surface area contributed by atoms with Crippen LogP contribution in [0, 0.1) is 0 Å². The van der Waals surface area contributed by atoms with Gasteiger partial charge in [-0.25, -0.2) is 0 Å². The van der Waals surface area contributed by atoms with E-state index < -0.39 is 5.97 Å².